The van der Waals surface area contributed by atoms with Gasteiger partial charge in [-0.15, -0.1) is 0 Å². The number of amides is 1. The number of carbonyl (C=O) groups excluding carboxylic acids is 2. The van der Waals surface area contributed by atoms with Crippen LogP contribution in [-0.2, 0) is 14.3 Å². The second-order valence-electron chi connectivity index (χ2n) is 4.98. The highest BCUT2D eigenvalue weighted by Gasteiger charge is 2.19. The monoisotopic (exact) mass is 288 g/mol. The fourth-order valence-corrected chi connectivity index (χ4v) is 2.00. The quantitative estimate of drug-likeness (QED) is 0.619. The second-order valence-corrected chi connectivity index (χ2v) is 4.98. The maximum Gasteiger partial charge on any atom is 0.330 e. The van der Waals surface area contributed by atoms with Crippen molar-refractivity contribution in [1.29, 1.82) is 0 Å². The summed E-state index contributed by atoms with van der Waals surface area (Å²) in [7, 11) is 0. The minimum atomic E-state index is -0.357. The standard InChI is InChI=1S/C16H20N2O3/c1-2-21-16(20)8-5-12-3-6-14(7-4-12)18-15(19)9-13-10-17-11-13/h3-8,13,17H,2,9-11H2,1H3,(H,18,19). The molecule has 0 atom stereocenters. The zero-order chi connectivity index (χ0) is 15.1. The molecule has 0 aromatic heterocycles. The summed E-state index contributed by atoms with van der Waals surface area (Å²) in [5, 5.41) is 6.02. The molecule has 0 radical (unpaired) electrons. The average molecular weight is 288 g/mol. The minimum Gasteiger partial charge on any atom is -0.463 e. The van der Waals surface area contributed by atoms with Gasteiger partial charge < -0.3 is 15.4 Å². The molecule has 1 aliphatic heterocycles. The van der Waals surface area contributed by atoms with E-state index in [0.29, 0.717) is 18.9 Å². The summed E-state index contributed by atoms with van der Waals surface area (Å²) in [6, 6.07) is 7.33. The zero-order valence-corrected chi connectivity index (χ0v) is 12.1. The van der Waals surface area contributed by atoms with Gasteiger partial charge in [0.15, 0.2) is 0 Å². The summed E-state index contributed by atoms with van der Waals surface area (Å²) in [5.74, 6) is 0.136. The van der Waals surface area contributed by atoms with Crippen molar-refractivity contribution in [3.8, 4) is 0 Å². The van der Waals surface area contributed by atoms with Gasteiger partial charge >= 0.3 is 5.97 Å². The van der Waals surface area contributed by atoms with Crippen molar-refractivity contribution in [2.45, 2.75) is 13.3 Å². The largest absolute Gasteiger partial charge is 0.463 e. The van der Waals surface area contributed by atoms with Crippen LogP contribution in [-0.4, -0.2) is 31.6 Å². The van der Waals surface area contributed by atoms with E-state index in [9.17, 15) is 9.59 Å². The molecule has 1 heterocycles. The topological polar surface area (TPSA) is 67.4 Å². The van der Waals surface area contributed by atoms with Crippen molar-refractivity contribution in [2.75, 3.05) is 25.0 Å². The van der Waals surface area contributed by atoms with E-state index in [1.807, 2.05) is 24.3 Å². The van der Waals surface area contributed by atoms with Gasteiger partial charge in [-0.1, -0.05) is 12.1 Å². The summed E-state index contributed by atoms with van der Waals surface area (Å²) >= 11 is 0. The number of hydrogen-bond acceptors (Lipinski definition) is 4. The fraction of sp³-hybridized carbons (Fsp3) is 0.375. The molecule has 0 unspecified atom stereocenters. The van der Waals surface area contributed by atoms with Crippen molar-refractivity contribution >= 4 is 23.6 Å². The van der Waals surface area contributed by atoms with Crippen LogP contribution in [0.3, 0.4) is 0 Å². The minimum absolute atomic E-state index is 0.0383. The van der Waals surface area contributed by atoms with Gasteiger partial charge in [0, 0.05) is 18.2 Å². The van der Waals surface area contributed by atoms with Crippen molar-refractivity contribution < 1.29 is 14.3 Å². The Labute approximate surface area is 124 Å². The van der Waals surface area contributed by atoms with E-state index in [1.54, 1.807) is 13.0 Å². The maximum atomic E-state index is 11.8. The van der Waals surface area contributed by atoms with E-state index in [-0.39, 0.29) is 11.9 Å². The van der Waals surface area contributed by atoms with Gasteiger partial charge in [0.1, 0.15) is 0 Å². The highest BCUT2D eigenvalue weighted by atomic mass is 16.5. The number of hydrogen-bond donors (Lipinski definition) is 2. The van der Waals surface area contributed by atoms with Crippen molar-refractivity contribution in [2.24, 2.45) is 5.92 Å². The first kappa shape index (κ1) is 15.3. The van der Waals surface area contributed by atoms with Gasteiger partial charge in [-0.05, 0) is 49.7 Å². The van der Waals surface area contributed by atoms with Gasteiger partial charge in [0.25, 0.3) is 0 Å². The molecule has 1 fully saturated rings. The SMILES string of the molecule is CCOC(=O)C=Cc1ccc(NC(=O)CC2CNC2)cc1. The maximum absolute atomic E-state index is 11.8. The number of rotatable bonds is 6. The van der Waals surface area contributed by atoms with Crippen molar-refractivity contribution in [3.63, 3.8) is 0 Å². The Kier molecular flexibility index (Phi) is 5.51. The predicted octanol–water partition coefficient (Wildman–Crippen LogP) is 1.81. The lowest BCUT2D eigenvalue weighted by atomic mass is 9.99. The van der Waals surface area contributed by atoms with E-state index in [4.69, 9.17) is 4.74 Å². The molecule has 5 nitrogen and oxygen atoms in total. The van der Waals surface area contributed by atoms with E-state index in [0.717, 1.165) is 24.3 Å². The van der Waals surface area contributed by atoms with Crippen LogP contribution in [0.15, 0.2) is 30.3 Å². The lowest BCUT2D eigenvalue weighted by Crippen LogP contribution is -2.43. The number of nitrogens with one attached hydrogen (secondary N) is 2. The molecule has 1 aromatic rings. The number of carbonyl (C=O) groups is 2. The van der Waals surface area contributed by atoms with Gasteiger partial charge in [-0.25, -0.2) is 4.79 Å². The molecule has 0 saturated carbocycles. The molecule has 112 valence electrons. The smallest absolute Gasteiger partial charge is 0.330 e. The first-order valence-corrected chi connectivity index (χ1v) is 7.13. The lowest BCUT2D eigenvalue weighted by molar-refractivity contribution is -0.137. The highest BCUT2D eigenvalue weighted by Crippen LogP contribution is 2.14. The summed E-state index contributed by atoms with van der Waals surface area (Å²) in [6.45, 7) is 3.98. The summed E-state index contributed by atoms with van der Waals surface area (Å²) < 4.78 is 4.81. The summed E-state index contributed by atoms with van der Waals surface area (Å²) in [5.41, 5.74) is 1.64. The second kappa shape index (κ2) is 7.59. The Bertz CT molecular complexity index is 519. The van der Waals surface area contributed by atoms with Crippen LogP contribution in [0.5, 0.6) is 0 Å². The van der Waals surface area contributed by atoms with Crippen LogP contribution in [0.4, 0.5) is 5.69 Å². The molecule has 1 aliphatic rings. The van der Waals surface area contributed by atoms with Gasteiger partial charge in [0.05, 0.1) is 6.61 Å². The van der Waals surface area contributed by atoms with Crippen molar-refractivity contribution in [3.05, 3.63) is 35.9 Å². The number of ether oxygens (including phenoxy) is 1. The van der Waals surface area contributed by atoms with E-state index in [2.05, 4.69) is 10.6 Å². The molecule has 1 saturated heterocycles. The molecule has 0 spiro atoms. The molecule has 5 heteroatoms. The number of benzene rings is 1. The van der Waals surface area contributed by atoms with Crippen molar-refractivity contribution in [1.82, 2.24) is 5.32 Å². The van der Waals surface area contributed by atoms with Gasteiger partial charge in [-0.3, -0.25) is 4.79 Å². The zero-order valence-electron chi connectivity index (χ0n) is 12.1. The molecule has 0 bridgehead atoms. The lowest BCUT2D eigenvalue weighted by Gasteiger charge is -2.26. The number of anilines is 1. The third-order valence-electron chi connectivity index (χ3n) is 3.23. The van der Waals surface area contributed by atoms with Crippen LogP contribution in [0.1, 0.15) is 18.9 Å². The normalized spacial score (nSPS) is 14.7. The highest BCUT2D eigenvalue weighted by molar-refractivity contribution is 5.91. The first-order valence-electron chi connectivity index (χ1n) is 7.13. The Morgan fingerprint density at radius 3 is 2.62 bits per heavy atom. The summed E-state index contributed by atoms with van der Waals surface area (Å²) in [6.07, 6.45) is 3.63. The molecule has 0 aliphatic carbocycles. The van der Waals surface area contributed by atoms with Gasteiger partial charge in [-0.2, -0.15) is 0 Å². The summed E-state index contributed by atoms with van der Waals surface area (Å²) in [4.78, 5) is 23.0. The Hall–Kier alpha value is -2.14. The van der Waals surface area contributed by atoms with Gasteiger partial charge in [0.2, 0.25) is 5.91 Å². The molecule has 1 amide bonds. The third kappa shape index (κ3) is 5.04. The third-order valence-corrected chi connectivity index (χ3v) is 3.23. The molecular formula is C16H20N2O3. The van der Waals surface area contributed by atoms with Crippen LogP contribution in [0, 0.1) is 5.92 Å². The molecule has 2 N–H and O–H groups in total. The van der Waals surface area contributed by atoms with Crippen LogP contribution in [0.2, 0.25) is 0 Å². The Morgan fingerprint density at radius 2 is 2.05 bits per heavy atom. The number of esters is 1. The Morgan fingerprint density at radius 1 is 1.33 bits per heavy atom. The predicted molar refractivity (Wildman–Crippen MR) is 81.7 cm³/mol. The molecular weight excluding hydrogens is 268 g/mol. The van der Waals surface area contributed by atoms with E-state index < -0.39 is 0 Å². The Balaban J connectivity index is 1.83. The average Bonchev–Trinajstić information content (AvgIpc) is 2.43. The fourth-order valence-electron chi connectivity index (χ4n) is 2.00. The van der Waals surface area contributed by atoms with Crippen LogP contribution in [0.25, 0.3) is 6.08 Å². The van der Waals surface area contributed by atoms with E-state index in [1.165, 1.54) is 6.08 Å². The molecule has 2 rings (SSSR count). The van der Waals surface area contributed by atoms with Crippen LogP contribution >= 0.6 is 0 Å². The van der Waals surface area contributed by atoms with Crippen LogP contribution < -0.4 is 10.6 Å². The molecule has 1 aromatic carbocycles. The first-order chi connectivity index (χ1) is 10.2. The van der Waals surface area contributed by atoms with E-state index >= 15 is 0 Å². The molecule has 21 heavy (non-hydrogen) atoms.